The molecule has 126 valence electrons. The zero-order valence-corrected chi connectivity index (χ0v) is 14.3. The summed E-state index contributed by atoms with van der Waals surface area (Å²) in [5, 5.41) is 4.27. The molecule has 1 N–H and O–H groups in total. The van der Waals surface area contributed by atoms with Gasteiger partial charge in [-0.25, -0.2) is 9.59 Å². The van der Waals surface area contributed by atoms with E-state index >= 15 is 0 Å². The maximum Gasteiger partial charge on any atom is 0.412 e. The molecule has 2 aromatic carbocycles. The molecule has 0 spiro atoms. The number of anilines is 1. The molecule has 0 heterocycles. The van der Waals surface area contributed by atoms with E-state index in [2.05, 4.69) is 11.9 Å². The number of fused-ring (bicyclic) bond motifs is 1. The van der Waals surface area contributed by atoms with Crippen molar-refractivity contribution >= 4 is 28.5 Å². The van der Waals surface area contributed by atoms with Crippen LogP contribution in [0.1, 0.15) is 27.7 Å². The van der Waals surface area contributed by atoms with Gasteiger partial charge < -0.3 is 9.47 Å². The van der Waals surface area contributed by atoms with Gasteiger partial charge in [-0.1, -0.05) is 24.8 Å². The maximum absolute atomic E-state index is 11.9. The molecule has 0 saturated heterocycles. The number of hydrogen-bond acceptors (Lipinski definition) is 4. The average Bonchev–Trinajstić information content (AvgIpc) is 2.45. The van der Waals surface area contributed by atoms with E-state index < -0.39 is 17.7 Å². The van der Waals surface area contributed by atoms with E-state index in [1.165, 1.54) is 0 Å². The molecule has 0 unspecified atom stereocenters. The summed E-state index contributed by atoms with van der Waals surface area (Å²) in [6.07, 6.45) is -0.543. The number of amides is 1. The van der Waals surface area contributed by atoms with Crippen LogP contribution >= 0.6 is 0 Å². The van der Waals surface area contributed by atoms with E-state index in [-0.39, 0.29) is 0 Å². The molecule has 0 aliphatic heterocycles. The summed E-state index contributed by atoms with van der Waals surface area (Å²) < 4.78 is 10.6. The highest BCUT2D eigenvalue weighted by Crippen LogP contribution is 2.29. The minimum atomic E-state index is -0.580. The van der Waals surface area contributed by atoms with Crippen LogP contribution in [0.3, 0.4) is 0 Å². The smallest absolute Gasteiger partial charge is 0.412 e. The number of carbonyl (C=O) groups excluding carboxylic acids is 2. The molecule has 0 fully saturated rings. The van der Waals surface area contributed by atoms with Gasteiger partial charge in [0, 0.05) is 16.6 Å². The number of rotatable bonds is 3. The Morgan fingerprint density at radius 3 is 2.46 bits per heavy atom. The summed E-state index contributed by atoms with van der Waals surface area (Å²) in [4.78, 5) is 23.6. The zero-order valence-electron chi connectivity index (χ0n) is 14.3. The Morgan fingerprint density at radius 1 is 1.12 bits per heavy atom. The van der Waals surface area contributed by atoms with Crippen LogP contribution in [0.5, 0.6) is 5.75 Å². The van der Waals surface area contributed by atoms with Gasteiger partial charge in [-0.05, 0) is 51.3 Å². The summed E-state index contributed by atoms with van der Waals surface area (Å²) in [5.41, 5.74) is 0.286. The molecule has 0 radical (unpaired) electrons. The Hall–Kier alpha value is -2.82. The summed E-state index contributed by atoms with van der Waals surface area (Å²) in [7, 11) is 0. The zero-order chi connectivity index (χ0) is 17.9. The predicted octanol–water partition coefficient (Wildman–Crippen LogP) is 4.67. The Kier molecular flexibility index (Phi) is 4.93. The fourth-order valence-corrected chi connectivity index (χ4v) is 2.02. The largest absolute Gasteiger partial charge is 0.444 e. The molecule has 1 amide bonds. The van der Waals surface area contributed by atoms with Crippen LogP contribution in [0, 0.1) is 0 Å². The summed E-state index contributed by atoms with van der Waals surface area (Å²) in [5.74, 6) is -0.0821. The normalized spacial score (nSPS) is 11.0. The third-order valence-corrected chi connectivity index (χ3v) is 3.04. The predicted molar refractivity (Wildman–Crippen MR) is 94.3 cm³/mol. The van der Waals surface area contributed by atoms with Gasteiger partial charge in [-0.15, -0.1) is 0 Å². The van der Waals surface area contributed by atoms with Crippen molar-refractivity contribution in [3.8, 4) is 5.75 Å². The van der Waals surface area contributed by atoms with E-state index in [4.69, 9.17) is 9.47 Å². The lowest BCUT2D eigenvalue weighted by Crippen LogP contribution is -2.27. The molecule has 5 nitrogen and oxygen atoms in total. The number of benzene rings is 2. The molecule has 2 rings (SSSR count). The molecule has 0 atom stereocenters. The highest BCUT2D eigenvalue weighted by atomic mass is 16.6. The summed E-state index contributed by atoms with van der Waals surface area (Å²) in [6, 6.07) is 10.7. The molecular formula is C19H21NO4. The lowest BCUT2D eigenvalue weighted by atomic mass is 10.1. The fourth-order valence-electron chi connectivity index (χ4n) is 2.02. The van der Waals surface area contributed by atoms with Gasteiger partial charge in [0.05, 0.1) is 0 Å². The second kappa shape index (κ2) is 6.74. The van der Waals surface area contributed by atoms with E-state index in [0.29, 0.717) is 22.4 Å². The van der Waals surface area contributed by atoms with Crippen LogP contribution in [0.15, 0.2) is 48.6 Å². The Morgan fingerprint density at radius 2 is 1.83 bits per heavy atom. The van der Waals surface area contributed by atoms with Crippen molar-refractivity contribution in [1.82, 2.24) is 0 Å². The van der Waals surface area contributed by atoms with E-state index in [0.717, 1.165) is 5.39 Å². The quantitative estimate of drug-likeness (QED) is 0.505. The number of esters is 1. The topological polar surface area (TPSA) is 64.6 Å². The first-order chi connectivity index (χ1) is 11.2. The Balaban J connectivity index is 2.30. The standard InChI is InChI=1S/C19H21NO4/c1-12(2)17(21)23-16-8-6-7-13-9-10-14(11-15(13)16)20-18(22)24-19(3,4)5/h6-11H,1H2,2-5H3,(H,20,22). The third kappa shape index (κ3) is 4.59. The molecule has 24 heavy (non-hydrogen) atoms. The number of hydrogen-bond donors (Lipinski definition) is 1. The van der Waals surface area contributed by atoms with E-state index in [1.54, 1.807) is 52.0 Å². The van der Waals surface area contributed by atoms with Crippen molar-refractivity contribution < 1.29 is 19.1 Å². The maximum atomic E-state index is 11.9. The van der Waals surface area contributed by atoms with Gasteiger partial charge in [0.1, 0.15) is 11.4 Å². The van der Waals surface area contributed by atoms with Crippen LogP contribution < -0.4 is 10.1 Å². The van der Waals surface area contributed by atoms with Crippen molar-refractivity contribution in [3.05, 3.63) is 48.6 Å². The van der Waals surface area contributed by atoms with Crippen molar-refractivity contribution in [2.45, 2.75) is 33.3 Å². The molecule has 0 bridgehead atoms. The highest BCUT2D eigenvalue weighted by molar-refractivity contribution is 5.97. The first kappa shape index (κ1) is 17.5. The molecular weight excluding hydrogens is 306 g/mol. The van der Waals surface area contributed by atoms with Gasteiger partial charge in [0.15, 0.2) is 0 Å². The number of carbonyl (C=O) groups is 2. The molecule has 0 aromatic heterocycles. The lowest BCUT2D eigenvalue weighted by Gasteiger charge is -2.19. The molecule has 0 aliphatic carbocycles. The van der Waals surface area contributed by atoms with Crippen molar-refractivity contribution in [1.29, 1.82) is 0 Å². The SMILES string of the molecule is C=C(C)C(=O)Oc1cccc2ccc(NC(=O)OC(C)(C)C)cc12. The van der Waals surface area contributed by atoms with Gasteiger partial charge in [0.2, 0.25) is 0 Å². The second-order valence-corrected chi connectivity index (χ2v) is 6.49. The van der Waals surface area contributed by atoms with Crippen LogP contribution in [-0.4, -0.2) is 17.7 Å². The van der Waals surface area contributed by atoms with E-state index in [1.807, 2.05) is 12.1 Å². The minimum absolute atomic E-state index is 0.315. The Labute approximate surface area is 141 Å². The third-order valence-electron chi connectivity index (χ3n) is 3.04. The summed E-state index contributed by atoms with van der Waals surface area (Å²) >= 11 is 0. The number of nitrogens with one attached hydrogen (secondary N) is 1. The van der Waals surface area contributed by atoms with Crippen LogP contribution in [0.4, 0.5) is 10.5 Å². The minimum Gasteiger partial charge on any atom is -0.444 e. The highest BCUT2D eigenvalue weighted by Gasteiger charge is 2.16. The monoisotopic (exact) mass is 327 g/mol. The van der Waals surface area contributed by atoms with E-state index in [9.17, 15) is 9.59 Å². The van der Waals surface area contributed by atoms with Gasteiger partial charge >= 0.3 is 12.1 Å². The first-order valence-corrected chi connectivity index (χ1v) is 7.56. The van der Waals surface area contributed by atoms with Gasteiger partial charge in [0.25, 0.3) is 0 Å². The molecule has 5 heteroatoms. The van der Waals surface area contributed by atoms with Crippen molar-refractivity contribution in [2.24, 2.45) is 0 Å². The summed E-state index contributed by atoms with van der Waals surface area (Å²) in [6.45, 7) is 10.5. The second-order valence-electron chi connectivity index (χ2n) is 6.49. The van der Waals surface area contributed by atoms with Gasteiger partial charge in [-0.3, -0.25) is 5.32 Å². The van der Waals surface area contributed by atoms with Crippen molar-refractivity contribution in [2.75, 3.05) is 5.32 Å². The van der Waals surface area contributed by atoms with Crippen LogP contribution in [0.2, 0.25) is 0 Å². The first-order valence-electron chi connectivity index (χ1n) is 7.56. The van der Waals surface area contributed by atoms with Crippen LogP contribution in [-0.2, 0) is 9.53 Å². The fraction of sp³-hybridized carbons (Fsp3) is 0.263. The van der Waals surface area contributed by atoms with Gasteiger partial charge in [-0.2, -0.15) is 0 Å². The van der Waals surface area contributed by atoms with Crippen molar-refractivity contribution in [3.63, 3.8) is 0 Å². The Bertz CT molecular complexity index is 803. The lowest BCUT2D eigenvalue weighted by molar-refractivity contribution is -0.129. The average molecular weight is 327 g/mol. The number of ether oxygens (including phenoxy) is 2. The molecule has 0 aliphatic rings. The van der Waals surface area contributed by atoms with Crippen LogP contribution in [0.25, 0.3) is 10.8 Å². The molecule has 0 saturated carbocycles. The molecule has 2 aromatic rings.